The van der Waals surface area contributed by atoms with Crippen molar-refractivity contribution >= 4 is 5.69 Å². The zero-order chi connectivity index (χ0) is 11.5. The molecule has 3 nitrogen and oxygen atoms in total. The van der Waals surface area contributed by atoms with E-state index in [0.29, 0.717) is 0 Å². The Balaban J connectivity index is 3.29. The molecule has 0 unspecified atom stereocenters. The predicted molar refractivity (Wildman–Crippen MR) is 61.0 cm³/mol. The molecular formula is C12H17NO2. The van der Waals surface area contributed by atoms with Crippen LogP contribution in [0.4, 0.5) is 5.69 Å². The van der Waals surface area contributed by atoms with E-state index >= 15 is 0 Å². The van der Waals surface area contributed by atoms with Crippen molar-refractivity contribution in [1.82, 2.24) is 0 Å². The highest BCUT2D eigenvalue weighted by Crippen LogP contribution is 2.36. The summed E-state index contributed by atoms with van der Waals surface area (Å²) in [6.45, 7) is 6.22. The molecule has 0 fully saturated rings. The van der Waals surface area contributed by atoms with Gasteiger partial charge in [0, 0.05) is 11.6 Å². The Labute approximate surface area is 90.3 Å². The molecule has 1 rings (SSSR count). The monoisotopic (exact) mass is 207 g/mol. The van der Waals surface area contributed by atoms with E-state index in [1.165, 1.54) is 0 Å². The van der Waals surface area contributed by atoms with E-state index in [4.69, 9.17) is 0 Å². The first-order chi connectivity index (χ1) is 7.05. The molecule has 0 aromatic heterocycles. The van der Waals surface area contributed by atoms with Crippen LogP contribution in [0.3, 0.4) is 0 Å². The van der Waals surface area contributed by atoms with Crippen molar-refractivity contribution in [3.63, 3.8) is 0 Å². The van der Waals surface area contributed by atoms with E-state index in [0.717, 1.165) is 18.4 Å². The third kappa shape index (κ3) is 2.17. The van der Waals surface area contributed by atoms with Crippen molar-refractivity contribution in [2.45, 2.75) is 39.0 Å². The first-order valence-electron chi connectivity index (χ1n) is 5.29. The van der Waals surface area contributed by atoms with Crippen LogP contribution in [0.2, 0.25) is 0 Å². The summed E-state index contributed by atoms with van der Waals surface area (Å²) in [5.74, 6) is 0. The molecular weight excluding hydrogens is 190 g/mol. The number of nitrogens with zero attached hydrogens (tertiary/aromatic N) is 1. The lowest BCUT2D eigenvalue weighted by molar-refractivity contribution is -0.386. The summed E-state index contributed by atoms with van der Waals surface area (Å²) in [5, 5.41) is 10.9. The van der Waals surface area contributed by atoms with Crippen molar-refractivity contribution < 1.29 is 4.92 Å². The molecule has 1 aromatic carbocycles. The minimum absolute atomic E-state index is 0.0936. The average molecular weight is 207 g/mol. The molecule has 0 heterocycles. The lowest BCUT2D eigenvalue weighted by Crippen LogP contribution is -2.20. The molecule has 0 saturated carbocycles. The van der Waals surface area contributed by atoms with Crippen LogP contribution in [0.15, 0.2) is 24.3 Å². The Kier molecular flexibility index (Phi) is 3.45. The molecule has 82 valence electrons. The van der Waals surface area contributed by atoms with E-state index < -0.39 is 0 Å². The number of nitro benzene ring substituents is 1. The molecule has 0 amide bonds. The van der Waals surface area contributed by atoms with Crippen molar-refractivity contribution in [3.8, 4) is 0 Å². The van der Waals surface area contributed by atoms with Crippen LogP contribution in [0.5, 0.6) is 0 Å². The highest BCUT2D eigenvalue weighted by atomic mass is 16.6. The zero-order valence-electron chi connectivity index (χ0n) is 9.49. The molecule has 1 aromatic rings. The molecule has 15 heavy (non-hydrogen) atoms. The van der Waals surface area contributed by atoms with E-state index in [2.05, 4.69) is 20.8 Å². The summed E-state index contributed by atoms with van der Waals surface area (Å²) in [5.41, 5.74) is 0.993. The molecule has 0 atom stereocenters. The number of benzene rings is 1. The van der Waals surface area contributed by atoms with Crippen LogP contribution >= 0.6 is 0 Å². The molecule has 0 bridgehead atoms. The Morgan fingerprint density at radius 1 is 1.27 bits per heavy atom. The van der Waals surface area contributed by atoms with Crippen molar-refractivity contribution in [2.75, 3.05) is 0 Å². The minimum atomic E-state index is -0.293. The molecule has 0 radical (unpaired) electrons. The number of para-hydroxylation sites is 1. The van der Waals surface area contributed by atoms with Crippen LogP contribution in [0.1, 0.15) is 39.2 Å². The lowest BCUT2D eigenvalue weighted by Gasteiger charge is -2.26. The van der Waals surface area contributed by atoms with Gasteiger partial charge < -0.3 is 0 Å². The van der Waals surface area contributed by atoms with Gasteiger partial charge in [-0.1, -0.05) is 39.0 Å². The lowest BCUT2D eigenvalue weighted by atomic mass is 9.77. The van der Waals surface area contributed by atoms with E-state index in [9.17, 15) is 10.1 Å². The van der Waals surface area contributed by atoms with Crippen LogP contribution in [0, 0.1) is 10.1 Å². The van der Waals surface area contributed by atoms with Gasteiger partial charge in [-0.05, 0) is 18.3 Å². The van der Waals surface area contributed by atoms with Gasteiger partial charge in [0.1, 0.15) is 0 Å². The summed E-state index contributed by atoms with van der Waals surface area (Å²) in [7, 11) is 0. The largest absolute Gasteiger partial charge is 0.273 e. The molecule has 0 aliphatic rings. The van der Waals surface area contributed by atoms with Gasteiger partial charge in [0.2, 0.25) is 0 Å². The standard InChI is InChI=1S/C12H17NO2/c1-4-12(3,5-2)10-8-6-7-9-11(10)13(14)15/h6-9H,4-5H2,1-3H3. The maximum absolute atomic E-state index is 10.9. The smallest absolute Gasteiger partial charge is 0.258 e. The van der Waals surface area contributed by atoms with Gasteiger partial charge in [0.25, 0.3) is 5.69 Å². The first-order valence-corrected chi connectivity index (χ1v) is 5.29. The number of nitro groups is 1. The van der Waals surface area contributed by atoms with Gasteiger partial charge in [0.05, 0.1) is 4.92 Å². The number of hydrogen-bond donors (Lipinski definition) is 0. The first kappa shape index (κ1) is 11.7. The Bertz CT molecular complexity index is 356. The zero-order valence-corrected chi connectivity index (χ0v) is 9.49. The van der Waals surface area contributed by atoms with Crippen LogP contribution in [0.25, 0.3) is 0 Å². The minimum Gasteiger partial charge on any atom is -0.258 e. The fourth-order valence-electron chi connectivity index (χ4n) is 1.77. The maximum atomic E-state index is 10.9. The van der Waals surface area contributed by atoms with E-state index in [-0.39, 0.29) is 16.0 Å². The highest BCUT2D eigenvalue weighted by molar-refractivity contribution is 5.44. The predicted octanol–water partition coefficient (Wildman–Crippen LogP) is 3.67. The summed E-state index contributed by atoms with van der Waals surface area (Å²) in [6.07, 6.45) is 1.82. The molecule has 0 aliphatic heterocycles. The van der Waals surface area contributed by atoms with Gasteiger partial charge in [-0.15, -0.1) is 0 Å². The highest BCUT2D eigenvalue weighted by Gasteiger charge is 2.29. The Morgan fingerprint density at radius 2 is 1.80 bits per heavy atom. The molecule has 0 N–H and O–H groups in total. The topological polar surface area (TPSA) is 43.1 Å². The second kappa shape index (κ2) is 4.43. The Morgan fingerprint density at radius 3 is 2.27 bits per heavy atom. The third-order valence-corrected chi connectivity index (χ3v) is 3.31. The quantitative estimate of drug-likeness (QED) is 0.558. The molecule has 0 spiro atoms. The van der Waals surface area contributed by atoms with E-state index in [1.54, 1.807) is 12.1 Å². The van der Waals surface area contributed by atoms with Crippen LogP contribution in [-0.4, -0.2) is 4.92 Å². The fourth-order valence-corrected chi connectivity index (χ4v) is 1.77. The van der Waals surface area contributed by atoms with Crippen molar-refractivity contribution in [3.05, 3.63) is 39.9 Å². The average Bonchev–Trinajstić information content (AvgIpc) is 2.28. The number of hydrogen-bond acceptors (Lipinski definition) is 2. The molecule has 0 saturated heterocycles. The van der Waals surface area contributed by atoms with Crippen LogP contribution in [-0.2, 0) is 5.41 Å². The van der Waals surface area contributed by atoms with Gasteiger partial charge in [-0.3, -0.25) is 10.1 Å². The summed E-state index contributed by atoms with van der Waals surface area (Å²) < 4.78 is 0. The summed E-state index contributed by atoms with van der Waals surface area (Å²) in [6, 6.07) is 7.03. The summed E-state index contributed by atoms with van der Waals surface area (Å²) >= 11 is 0. The van der Waals surface area contributed by atoms with Gasteiger partial charge in [0.15, 0.2) is 0 Å². The van der Waals surface area contributed by atoms with Gasteiger partial charge in [-0.2, -0.15) is 0 Å². The second-order valence-corrected chi connectivity index (χ2v) is 4.04. The maximum Gasteiger partial charge on any atom is 0.273 e. The van der Waals surface area contributed by atoms with Gasteiger partial charge >= 0.3 is 0 Å². The van der Waals surface area contributed by atoms with Crippen molar-refractivity contribution in [1.29, 1.82) is 0 Å². The molecule has 3 heteroatoms. The SMILES string of the molecule is CCC(C)(CC)c1ccccc1[N+](=O)[O-]. The second-order valence-electron chi connectivity index (χ2n) is 4.04. The Hall–Kier alpha value is -1.38. The molecule has 0 aliphatic carbocycles. The fraction of sp³-hybridized carbons (Fsp3) is 0.500. The number of rotatable bonds is 4. The van der Waals surface area contributed by atoms with Crippen molar-refractivity contribution in [2.24, 2.45) is 0 Å². The van der Waals surface area contributed by atoms with Gasteiger partial charge in [-0.25, -0.2) is 0 Å². The van der Waals surface area contributed by atoms with E-state index in [1.807, 2.05) is 12.1 Å². The third-order valence-electron chi connectivity index (χ3n) is 3.31. The summed E-state index contributed by atoms with van der Waals surface area (Å²) in [4.78, 5) is 10.6. The van der Waals surface area contributed by atoms with Crippen LogP contribution < -0.4 is 0 Å². The normalized spacial score (nSPS) is 11.4.